The van der Waals surface area contributed by atoms with Crippen LogP contribution in [-0.4, -0.2) is 19.9 Å². The zero-order valence-corrected chi connectivity index (χ0v) is 43.0. The molecule has 76 heavy (non-hydrogen) atoms. The van der Waals surface area contributed by atoms with Gasteiger partial charge in [-0.25, -0.2) is 15.0 Å². The fraction of sp³-hybridized carbons (Fsp3) is 0.127. The molecule has 0 amide bonds. The molecule has 0 spiro atoms. The van der Waals surface area contributed by atoms with Crippen LogP contribution < -0.4 is 0 Å². The summed E-state index contributed by atoms with van der Waals surface area (Å²) >= 11 is 0. The van der Waals surface area contributed by atoms with E-state index in [2.05, 4.69) is 96.0 Å². The van der Waals surface area contributed by atoms with Gasteiger partial charge in [-0.1, -0.05) is 211 Å². The third-order valence-electron chi connectivity index (χ3n) is 14.0. The normalized spacial score (nSPS) is 18.4. The number of aromatic nitrogens is 4. The van der Waals surface area contributed by atoms with Crippen molar-refractivity contribution in [3.05, 3.63) is 254 Å². The van der Waals surface area contributed by atoms with Crippen molar-refractivity contribution < 1.29 is 44.8 Å². The van der Waals surface area contributed by atoms with E-state index >= 15 is 0 Å². The van der Waals surface area contributed by atoms with E-state index in [1.165, 1.54) is 12.3 Å². The average Bonchev–Trinajstić information content (AvgIpc) is 1.41. The van der Waals surface area contributed by atoms with E-state index < -0.39 is 68.5 Å². The van der Waals surface area contributed by atoms with Crippen LogP contribution in [-0.2, 0) is 30.9 Å². The molecule has 0 unspecified atom stereocenters. The van der Waals surface area contributed by atoms with E-state index in [1.807, 2.05) is 121 Å². The SMILES string of the molecule is [2H]C([2H])([2H])C1(C([2H])([2H])[2H])c2c[c-]c(-c3ccc(-c4nc(-c5cccc(-c6cc(-c7ccccc7)cc(-c7ccccc7)c6)c5)nc(-c5cccc(-c6cc(-c7ccccc7)cc(-c7ccccc7)c6)c5)n4)cn3)cc2C(C([2H])([2H])[2H])(C([2H])([2H])[2H])C1(C([2H])([2H])[2H])C([2H])([2H])[2H].[Ir]. The Hall–Kier alpha value is -8.21. The van der Waals surface area contributed by atoms with Crippen molar-refractivity contribution in [2.75, 3.05) is 0 Å². The van der Waals surface area contributed by atoms with Crippen molar-refractivity contribution >= 4 is 0 Å². The van der Waals surface area contributed by atoms with Gasteiger partial charge in [-0.3, -0.25) is 0 Å². The summed E-state index contributed by atoms with van der Waals surface area (Å²) in [5, 5.41) is 0. The fourth-order valence-corrected chi connectivity index (χ4v) is 9.85. The molecule has 1 aliphatic rings. The summed E-state index contributed by atoms with van der Waals surface area (Å²) < 4.78 is 160. The number of benzene rings is 9. The first-order chi connectivity index (χ1) is 43.9. The van der Waals surface area contributed by atoms with E-state index in [9.17, 15) is 0 Å². The maximum Gasteiger partial charge on any atom is 0.165 e. The van der Waals surface area contributed by atoms with Crippen molar-refractivity contribution in [1.29, 1.82) is 0 Å². The van der Waals surface area contributed by atoms with Crippen LogP contribution in [0.25, 0.3) is 112 Å². The number of hydrogen-bond donors (Lipinski definition) is 0. The molecule has 0 N–H and O–H groups in total. The maximum atomic E-state index is 8.96. The molecule has 4 nitrogen and oxygen atoms in total. The Morgan fingerprint density at radius 3 is 1.07 bits per heavy atom. The number of fused-ring (bicyclic) bond motifs is 1. The minimum Gasteiger partial charge on any atom is -0.304 e. The number of pyridine rings is 1. The Morgan fingerprint density at radius 2 is 0.684 bits per heavy atom. The number of rotatable bonds is 10. The summed E-state index contributed by atoms with van der Waals surface area (Å²) in [5.41, 5.74) is -2.22. The van der Waals surface area contributed by atoms with Gasteiger partial charge in [0.2, 0.25) is 0 Å². The minimum atomic E-state index is -4.55. The largest absolute Gasteiger partial charge is 0.304 e. The van der Waals surface area contributed by atoms with Gasteiger partial charge in [0, 0.05) is 67.7 Å². The molecule has 5 heteroatoms. The summed E-state index contributed by atoms with van der Waals surface area (Å²) in [4.78, 5) is 20.0. The quantitative estimate of drug-likeness (QED) is 0.128. The van der Waals surface area contributed by atoms with E-state index in [0.29, 0.717) is 22.8 Å². The first-order valence-electron chi connectivity index (χ1n) is 33.4. The van der Waals surface area contributed by atoms with Gasteiger partial charge >= 0.3 is 0 Å². The third-order valence-corrected chi connectivity index (χ3v) is 14.0. The van der Waals surface area contributed by atoms with Gasteiger partial charge in [0.15, 0.2) is 17.5 Å². The van der Waals surface area contributed by atoms with Crippen molar-refractivity contribution in [3.8, 4) is 112 Å². The Kier molecular flexibility index (Phi) is 8.74. The van der Waals surface area contributed by atoms with E-state index in [0.717, 1.165) is 72.8 Å². The standard InChI is InChI=1S/C71H57N4.Ir/c1-69(2)63-35-33-53(45-64(63)70(3,4)71(69,5)6)65-36-34-56(46-72-65)68-74-66(54-31-19-29-51(37-54)61-41-57(47-21-11-7-12-22-47)39-58(42-61)48-23-13-8-14-24-48)73-67(75-68)55-32-20-30-52(38-55)62-43-59(49-25-15-9-16-26-49)40-60(44-62)50-27-17-10-18-28-50;/h7-32,34-46H,1-6H3;/q-1;/i1D3,2D3,3D3,4D3,5D3,6D3;. The van der Waals surface area contributed by atoms with Gasteiger partial charge in [0.25, 0.3) is 0 Å². The summed E-state index contributed by atoms with van der Waals surface area (Å²) in [5.74, 6) is 0.701. The Bertz CT molecular complexity index is 4240. The van der Waals surface area contributed by atoms with Crippen molar-refractivity contribution in [3.63, 3.8) is 0 Å². The number of nitrogens with zero attached hydrogens (tertiary/aromatic N) is 4. The van der Waals surface area contributed by atoms with Gasteiger partial charge in [0.1, 0.15) is 0 Å². The summed E-state index contributed by atoms with van der Waals surface area (Å²) in [6, 6.07) is 76.2. The summed E-state index contributed by atoms with van der Waals surface area (Å²) in [6.07, 6.45) is 1.37. The van der Waals surface area contributed by atoms with Gasteiger partial charge in [-0.05, 0) is 137 Å². The molecule has 12 rings (SSSR count). The minimum absolute atomic E-state index is 0. The summed E-state index contributed by atoms with van der Waals surface area (Å²) in [7, 11) is 0. The molecule has 1 radical (unpaired) electrons. The first-order valence-corrected chi connectivity index (χ1v) is 24.4. The van der Waals surface area contributed by atoms with E-state index in [4.69, 9.17) is 39.6 Å². The van der Waals surface area contributed by atoms with Crippen LogP contribution in [0.3, 0.4) is 0 Å². The number of hydrogen-bond acceptors (Lipinski definition) is 4. The van der Waals surface area contributed by atoms with Crippen LogP contribution in [0.5, 0.6) is 0 Å². The molecular weight excluding hydrogens is 1100 g/mol. The van der Waals surface area contributed by atoms with Gasteiger partial charge in [0.05, 0.1) is 0 Å². The zero-order valence-electron chi connectivity index (χ0n) is 58.6. The zero-order chi connectivity index (χ0) is 66.3. The molecule has 371 valence electrons. The van der Waals surface area contributed by atoms with E-state index in [-0.39, 0.29) is 48.8 Å². The average molecular weight is 1180 g/mol. The van der Waals surface area contributed by atoms with Crippen LogP contribution >= 0.6 is 0 Å². The fourth-order valence-electron chi connectivity index (χ4n) is 9.85. The Labute approximate surface area is 486 Å². The molecule has 2 aromatic heterocycles. The van der Waals surface area contributed by atoms with Crippen molar-refractivity contribution in [1.82, 2.24) is 19.9 Å². The molecule has 0 bridgehead atoms. The third kappa shape index (κ3) is 9.25. The Morgan fingerprint density at radius 1 is 0.329 bits per heavy atom. The molecule has 0 aliphatic heterocycles. The van der Waals surface area contributed by atoms with Crippen molar-refractivity contribution in [2.45, 2.75) is 51.9 Å². The second kappa shape index (κ2) is 20.1. The molecule has 0 saturated carbocycles. The molecule has 2 heterocycles. The van der Waals surface area contributed by atoms with Crippen LogP contribution in [0.1, 0.15) is 76.9 Å². The molecule has 1 aliphatic carbocycles. The molecule has 11 aromatic rings. The van der Waals surface area contributed by atoms with E-state index in [1.54, 1.807) is 6.07 Å². The predicted molar refractivity (Wildman–Crippen MR) is 311 cm³/mol. The second-order valence-electron chi connectivity index (χ2n) is 18.9. The van der Waals surface area contributed by atoms with Gasteiger partial charge in [-0.15, -0.1) is 34.9 Å². The van der Waals surface area contributed by atoms with Crippen molar-refractivity contribution in [2.24, 2.45) is 5.41 Å². The Balaban J connectivity index is 0.00000901. The topological polar surface area (TPSA) is 51.6 Å². The molecule has 0 atom stereocenters. The van der Waals surface area contributed by atoms with Crippen LogP contribution in [0, 0.1) is 11.5 Å². The first kappa shape index (κ1) is 33.0. The van der Waals surface area contributed by atoms with Gasteiger partial charge < -0.3 is 4.98 Å². The smallest absolute Gasteiger partial charge is 0.165 e. The predicted octanol–water partition coefficient (Wildman–Crippen LogP) is 18.3. The second-order valence-corrected chi connectivity index (χ2v) is 18.9. The molecule has 9 aromatic carbocycles. The maximum absolute atomic E-state index is 8.96. The molecule has 0 fully saturated rings. The monoisotopic (exact) mass is 1180 g/mol. The molecule has 0 saturated heterocycles. The molecular formula is C71H57IrN4-. The van der Waals surface area contributed by atoms with Crippen LogP contribution in [0.4, 0.5) is 0 Å². The van der Waals surface area contributed by atoms with Crippen LogP contribution in [0.2, 0.25) is 0 Å². The summed E-state index contributed by atoms with van der Waals surface area (Å²) in [6.45, 7) is -25.7. The van der Waals surface area contributed by atoms with Crippen LogP contribution in [0.15, 0.2) is 237 Å². The van der Waals surface area contributed by atoms with Gasteiger partial charge in [-0.2, -0.15) is 0 Å².